The van der Waals surface area contributed by atoms with E-state index in [4.69, 9.17) is 5.26 Å². The van der Waals surface area contributed by atoms with Gasteiger partial charge in [0.2, 0.25) is 0 Å². The van der Waals surface area contributed by atoms with E-state index in [1.54, 1.807) is 0 Å². The third-order valence-electron chi connectivity index (χ3n) is 3.17. The molecule has 0 aliphatic carbocycles. The standard InChI is InChI=1S/C13H16N2O/c14-6-12-8-15(9-13(12)10-16)7-11-4-2-1-3-5-11/h1-5,12-13,16H,7-10H2. The summed E-state index contributed by atoms with van der Waals surface area (Å²) in [5.41, 5.74) is 1.26. The van der Waals surface area contributed by atoms with Crippen molar-refractivity contribution in [2.24, 2.45) is 11.8 Å². The zero-order valence-corrected chi connectivity index (χ0v) is 9.21. The third kappa shape index (κ3) is 2.41. The Bertz CT molecular complexity index is 371. The van der Waals surface area contributed by atoms with E-state index in [0.717, 1.165) is 19.6 Å². The summed E-state index contributed by atoms with van der Waals surface area (Å²) in [6.45, 7) is 2.58. The van der Waals surface area contributed by atoms with Gasteiger partial charge in [0.1, 0.15) is 0 Å². The van der Waals surface area contributed by atoms with Crippen molar-refractivity contribution in [1.29, 1.82) is 5.26 Å². The molecule has 1 aliphatic heterocycles. The second kappa shape index (κ2) is 5.11. The maximum atomic E-state index is 9.17. The lowest BCUT2D eigenvalue weighted by molar-refractivity contribution is 0.211. The molecular formula is C13H16N2O. The molecule has 3 heteroatoms. The molecule has 1 heterocycles. The van der Waals surface area contributed by atoms with Crippen molar-refractivity contribution in [3.63, 3.8) is 0 Å². The number of likely N-dealkylation sites (tertiary alicyclic amines) is 1. The van der Waals surface area contributed by atoms with E-state index >= 15 is 0 Å². The highest BCUT2D eigenvalue weighted by molar-refractivity contribution is 5.15. The normalized spacial score (nSPS) is 25.5. The number of rotatable bonds is 3. The fourth-order valence-electron chi connectivity index (χ4n) is 2.26. The van der Waals surface area contributed by atoms with Crippen molar-refractivity contribution in [2.45, 2.75) is 6.54 Å². The largest absolute Gasteiger partial charge is 0.396 e. The van der Waals surface area contributed by atoms with E-state index in [0.29, 0.717) is 0 Å². The van der Waals surface area contributed by atoms with Crippen LogP contribution < -0.4 is 0 Å². The van der Waals surface area contributed by atoms with Crippen molar-refractivity contribution in [3.8, 4) is 6.07 Å². The van der Waals surface area contributed by atoms with Gasteiger partial charge in [-0.05, 0) is 5.56 Å². The van der Waals surface area contributed by atoms with Crippen LogP contribution in [0.2, 0.25) is 0 Å². The summed E-state index contributed by atoms with van der Waals surface area (Å²) < 4.78 is 0. The lowest BCUT2D eigenvalue weighted by Crippen LogP contribution is -2.20. The Labute approximate surface area is 95.9 Å². The molecule has 2 unspecified atom stereocenters. The predicted molar refractivity (Wildman–Crippen MR) is 61.4 cm³/mol. The molecule has 1 aromatic rings. The van der Waals surface area contributed by atoms with Gasteiger partial charge in [-0.3, -0.25) is 4.90 Å². The molecule has 3 nitrogen and oxygen atoms in total. The molecule has 2 rings (SSSR count). The molecule has 1 aromatic carbocycles. The van der Waals surface area contributed by atoms with Gasteiger partial charge in [-0.15, -0.1) is 0 Å². The number of aliphatic hydroxyl groups is 1. The minimum Gasteiger partial charge on any atom is -0.396 e. The Morgan fingerprint density at radius 3 is 2.62 bits per heavy atom. The maximum Gasteiger partial charge on any atom is 0.0673 e. The van der Waals surface area contributed by atoms with Crippen molar-refractivity contribution in [2.75, 3.05) is 19.7 Å². The Kier molecular flexibility index (Phi) is 3.55. The summed E-state index contributed by atoms with van der Waals surface area (Å²) in [5, 5.41) is 18.1. The van der Waals surface area contributed by atoms with Crippen molar-refractivity contribution >= 4 is 0 Å². The van der Waals surface area contributed by atoms with Gasteiger partial charge in [0.05, 0.1) is 12.0 Å². The molecule has 0 radical (unpaired) electrons. The van der Waals surface area contributed by atoms with Crippen LogP contribution >= 0.6 is 0 Å². The molecule has 0 bridgehead atoms. The summed E-state index contributed by atoms with van der Waals surface area (Å²) in [5.74, 6) is 0.0995. The van der Waals surface area contributed by atoms with Crippen LogP contribution in [0.1, 0.15) is 5.56 Å². The van der Waals surface area contributed by atoms with Crippen LogP contribution in [0.15, 0.2) is 30.3 Å². The molecule has 1 aliphatic rings. The van der Waals surface area contributed by atoms with Crippen LogP contribution in [0.3, 0.4) is 0 Å². The van der Waals surface area contributed by atoms with Gasteiger partial charge >= 0.3 is 0 Å². The zero-order valence-electron chi connectivity index (χ0n) is 9.21. The average molecular weight is 216 g/mol. The second-order valence-corrected chi connectivity index (χ2v) is 4.36. The summed E-state index contributed by atoms with van der Waals surface area (Å²) in [6.07, 6.45) is 0. The van der Waals surface area contributed by atoms with Crippen molar-refractivity contribution < 1.29 is 5.11 Å². The van der Waals surface area contributed by atoms with Crippen molar-refractivity contribution in [3.05, 3.63) is 35.9 Å². The SMILES string of the molecule is N#CC1CN(Cc2ccccc2)CC1CO. The molecular weight excluding hydrogens is 200 g/mol. The molecule has 2 atom stereocenters. The zero-order chi connectivity index (χ0) is 11.4. The van der Waals surface area contributed by atoms with Crippen LogP contribution in [0.25, 0.3) is 0 Å². The quantitative estimate of drug-likeness (QED) is 0.827. The Morgan fingerprint density at radius 2 is 2.06 bits per heavy atom. The highest BCUT2D eigenvalue weighted by Gasteiger charge is 2.31. The average Bonchev–Trinajstić information content (AvgIpc) is 2.72. The maximum absolute atomic E-state index is 9.17. The summed E-state index contributed by atoms with van der Waals surface area (Å²) in [4.78, 5) is 2.24. The van der Waals surface area contributed by atoms with Crippen LogP contribution in [-0.4, -0.2) is 29.7 Å². The number of nitrogens with zero attached hydrogens (tertiary/aromatic N) is 2. The van der Waals surface area contributed by atoms with Gasteiger partial charge in [0.15, 0.2) is 0 Å². The highest BCUT2D eigenvalue weighted by Crippen LogP contribution is 2.23. The van der Waals surface area contributed by atoms with E-state index in [1.165, 1.54) is 5.56 Å². The number of hydrogen-bond donors (Lipinski definition) is 1. The van der Waals surface area contributed by atoms with Gasteiger partial charge in [-0.25, -0.2) is 0 Å². The van der Waals surface area contributed by atoms with E-state index in [9.17, 15) is 5.11 Å². The first kappa shape index (κ1) is 11.1. The van der Waals surface area contributed by atoms with Gasteiger partial charge in [-0.1, -0.05) is 30.3 Å². The Balaban J connectivity index is 1.96. The van der Waals surface area contributed by atoms with Gasteiger partial charge in [-0.2, -0.15) is 5.26 Å². The first-order valence-corrected chi connectivity index (χ1v) is 5.60. The Hall–Kier alpha value is -1.37. The number of benzene rings is 1. The first-order chi connectivity index (χ1) is 7.83. The summed E-state index contributed by atoms with van der Waals surface area (Å²) in [7, 11) is 0. The van der Waals surface area contributed by atoms with Gasteiger partial charge < -0.3 is 5.11 Å². The van der Waals surface area contributed by atoms with Crippen LogP contribution in [-0.2, 0) is 6.54 Å². The molecule has 0 aromatic heterocycles. The second-order valence-electron chi connectivity index (χ2n) is 4.36. The van der Waals surface area contributed by atoms with Crippen LogP contribution in [0, 0.1) is 23.2 Å². The van der Waals surface area contributed by atoms with E-state index < -0.39 is 0 Å². The fraction of sp³-hybridized carbons (Fsp3) is 0.462. The van der Waals surface area contributed by atoms with Crippen LogP contribution in [0.4, 0.5) is 0 Å². The molecule has 0 amide bonds. The summed E-state index contributed by atoms with van der Waals surface area (Å²) in [6, 6.07) is 12.5. The van der Waals surface area contributed by atoms with Crippen molar-refractivity contribution in [1.82, 2.24) is 4.90 Å². The van der Waals surface area contributed by atoms with E-state index in [-0.39, 0.29) is 18.4 Å². The summed E-state index contributed by atoms with van der Waals surface area (Å²) >= 11 is 0. The predicted octanol–water partition coefficient (Wildman–Crippen LogP) is 1.25. The molecule has 1 fully saturated rings. The Morgan fingerprint density at radius 1 is 1.31 bits per heavy atom. The van der Waals surface area contributed by atoms with Gasteiger partial charge in [0.25, 0.3) is 0 Å². The molecule has 16 heavy (non-hydrogen) atoms. The molecule has 84 valence electrons. The molecule has 1 N–H and O–H groups in total. The monoisotopic (exact) mass is 216 g/mol. The smallest absolute Gasteiger partial charge is 0.0673 e. The highest BCUT2D eigenvalue weighted by atomic mass is 16.3. The lowest BCUT2D eigenvalue weighted by atomic mass is 9.99. The minimum absolute atomic E-state index is 0.0197. The fourth-order valence-corrected chi connectivity index (χ4v) is 2.26. The lowest BCUT2D eigenvalue weighted by Gasteiger charge is -2.14. The third-order valence-corrected chi connectivity index (χ3v) is 3.17. The van der Waals surface area contributed by atoms with Gasteiger partial charge in [0, 0.05) is 32.2 Å². The van der Waals surface area contributed by atoms with E-state index in [1.807, 2.05) is 18.2 Å². The molecule has 1 saturated heterocycles. The van der Waals surface area contributed by atoms with E-state index in [2.05, 4.69) is 23.1 Å². The number of nitriles is 1. The number of aliphatic hydroxyl groups excluding tert-OH is 1. The van der Waals surface area contributed by atoms with Crippen LogP contribution in [0.5, 0.6) is 0 Å². The number of hydrogen-bond acceptors (Lipinski definition) is 3. The molecule has 0 saturated carbocycles. The first-order valence-electron chi connectivity index (χ1n) is 5.60. The minimum atomic E-state index is -0.0197. The molecule has 0 spiro atoms. The topological polar surface area (TPSA) is 47.3 Å².